The Labute approximate surface area is 140 Å². The number of nitrogens with one attached hydrogen (secondary N) is 1. The van der Waals surface area contributed by atoms with Gasteiger partial charge >= 0.3 is 5.97 Å². The molecule has 2 aromatic rings. The van der Waals surface area contributed by atoms with E-state index in [1.54, 1.807) is 0 Å². The smallest absolute Gasteiger partial charge is 0.330 e. The Morgan fingerprint density at radius 2 is 1.88 bits per heavy atom. The minimum atomic E-state index is -1.27. The molecule has 1 aromatic carbocycles. The highest BCUT2D eigenvalue weighted by Crippen LogP contribution is 2.60. The van der Waals surface area contributed by atoms with E-state index in [2.05, 4.69) is 10.3 Å². The van der Waals surface area contributed by atoms with Crippen LogP contribution in [0.15, 0.2) is 28.9 Å². The van der Waals surface area contributed by atoms with Gasteiger partial charge < -0.3 is 14.8 Å². The summed E-state index contributed by atoms with van der Waals surface area (Å²) in [6.07, 6.45) is 3.41. The fraction of sp³-hybridized carbons (Fsp3) is 0.353. The van der Waals surface area contributed by atoms with Crippen molar-refractivity contribution >= 4 is 11.9 Å². The van der Waals surface area contributed by atoms with Gasteiger partial charge in [0.05, 0.1) is 0 Å². The van der Waals surface area contributed by atoms with Crippen molar-refractivity contribution in [2.75, 3.05) is 0 Å². The van der Waals surface area contributed by atoms with Crippen molar-refractivity contribution in [1.29, 1.82) is 0 Å². The standard InChI is InChI=1S/C17H14F2N2O4/c18-10-5-2-6-11(19)13(10)15-20-12(7-25-15)14(22)21-17(16(23)24)8-3-1-4-9(8)17/h2,5-9H,1,3-4H2,(H,21,22)(H,23,24). The number of oxazole rings is 1. The molecule has 2 fully saturated rings. The first-order valence-electron chi connectivity index (χ1n) is 7.91. The molecule has 2 saturated carbocycles. The summed E-state index contributed by atoms with van der Waals surface area (Å²) in [7, 11) is 0. The second-order valence-corrected chi connectivity index (χ2v) is 6.41. The van der Waals surface area contributed by atoms with E-state index in [1.807, 2.05) is 0 Å². The fourth-order valence-electron chi connectivity index (χ4n) is 3.96. The van der Waals surface area contributed by atoms with E-state index in [1.165, 1.54) is 6.07 Å². The van der Waals surface area contributed by atoms with Crippen LogP contribution in [-0.4, -0.2) is 27.5 Å². The second kappa shape index (κ2) is 5.37. The molecule has 2 aliphatic carbocycles. The molecule has 8 heteroatoms. The summed E-state index contributed by atoms with van der Waals surface area (Å²) in [6, 6.07) is 3.30. The highest BCUT2D eigenvalue weighted by molar-refractivity contribution is 5.98. The topological polar surface area (TPSA) is 92.4 Å². The number of carboxylic acid groups (broad SMARTS) is 1. The second-order valence-electron chi connectivity index (χ2n) is 6.41. The van der Waals surface area contributed by atoms with Gasteiger partial charge in [-0.1, -0.05) is 12.5 Å². The summed E-state index contributed by atoms with van der Waals surface area (Å²) in [4.78, 5) is 27.8. The third kappa shape index (κ3) is 2.24. The van der Waals surface area contributed by atoms with Gasteiger partial charge in [-0.25, -0.2) is 18.6 Å². The Bertz CT molecular complexity index is 849. The molecule has 1 heterocycles. The fourth-order valence-corrected chi connectivity index (χ4v) is 3.96. The SMILES string of the molecule is O=C(NC1(C(=O)O)C2CCCC21)c1coc(-c2c(F)cccc2F)n1. The van der Waals surface area contributed by atoms with Crippen molar-refractivity contribution in [3.05, 3.63) is 41.8 Å². The molecule has 2 unspecified atom stereocenters. The van der Waals surface area contributed by atoms with Crippen LogP contribution in [0.25, 0.3) is 11.5 Å². The molecule has 0 bridgehead atoms. The molecular weight excluding hydrogens is 334 g/mol. The third-order valence-corrected chi connectivity index (χ3v) is 5.16. The van der Waals surface area contributed by atoms with Gasteiger partial charge in [-0.15, -0.1) is 0 Å². The Balaban J connectivity index is 1.59. The first-order chi connectivity index (χ1) is 11.9. The Hall–Kier alpha value is -2.77. The molecule has 0 spiro atoms. The number of nitrogens with zero attached hydrogens (tertiary/aromatic N) is 1. The van der Waals surface area contributed by atoms with Crippen molar-refractivity contribution in [2.24, 2.45) is 11.8 Å². The van der Waals surface area contributed by atoms with Crippen LogP contribution >= 0.6 is 0 Å². The zero-order chi connectivity index (χ0) is 17.8. The van der Waals surface area contributed by atoms with E-state index >= 15 is 0 Å². The van der Waals surface area contributed by atoms with Crippen molar-refractivity contribution in [3.8, 4) is 11.5 Å². The molecule has 0 aliphatic heterocycles. The quantitative estimate of drug-likeness (QED) is 0.886. The Kier molecular flexibility index (Phi) is 3.38. The zero-order valence-corrected chi connectivity index (χ0v) is 13.0. The number of amides is 1. The first kappa shape index (κ1) is 15.7. The van der Waals surface area contributed by atoms with Crippen LogP contribution < -0.4 is 5.32 Å². The number of carbonyl (C=O) groups excluding carboxylic acids is 1. The number of hydrogen-bond donors (Lipinski definition) is 2. The number of benzene rings is 1. The summed E-state index contributed by atoms with van der Waals surface area (Å²) in [6.45, 7) is 0. The van der Waals surface area contributed by atoms with Crippen LogP contribution in [0.3, 0.4) is 0 Å². The maximum absolute atomic E-state index is 13.8. The predicted octanol–water partition coefficient (Wildman–Crippen LogP) is 2.60. The summed E-state index contributed by atoms with van der Waals surface area (Å²) < 4.78 is 32.6. The average Bonchev–Trinajstić information content (AvgIpc) is 2.97. The normalized spacial score (nSPS) is 27.0. The van der Waals surface area contributed by atoms with E-state index in [-0.39, 0.29) is 23.4 Å². The largest absolute Gasteiger partial charge is 0.479 e. The lowest BCUT2D eigenvalue weighted by atomic mass is 10.1. The minimum Gasteiger partial charge on any atom is -0.479 e. The van der Waals surface area contributed by atoms with Gasteiger partial charge in [-0.2, -0.15) is 0 Å². The number of carbonyl (C=O) groups is 2. The van der Waals surface area contributed by atoms with Crippen LogP contribution in [-0.2, 0) is 4.79 Å². The molecule has 0 radical (unpaired) electrons. The van der Waals surface area contributed by atoms with E-state index in [4.69, 9.17) is 4.42 Å². The van der Waals surface area contributed by atoms with E-state index in [0.717, 1.165) is 37.7 Å². The molecule has 1 amide bonds. The van der Waals surface area contributed by atoms with Gasteiger partial charge in [-0.05, 0) is 36.8 Å². The van der Waals surface area contributed by atoms with Crippen molar-refractivity contribution < 1.29 is 27.9 Å². The third-order valence-electron chi connectivity index (χ3n) is 5.16. The van der Waals surface area contributed by atoms with E-state index < -0.39 is 34.6 Å². The summed E-state index contributed by atoms with van der Waals surface area (Å²) in [5.74, 6) is -4.07. The van der Waals surface area contributed by atoms with Crippen LogP contribution in [0.2, 0.25) is 0 Å². The molecule has 25 heavy (non-hydrogen) atoms. The van der Waals surface area contributed by atoms with Gasteiger partial charge in [0.2, 0.25) is 5.89 Å². The molecule has 4 rings (SSSR count). The Morgan fingerprint density at radius 3 is 2.48 bits per heavy atom. The van der Waals surface area contributed by atoms with Gasteiger partial charge in [0.15, 0.2) is 5.69 Å². The summed E-state index contributed by atoms with van der Waals surface area (Å²) in [5, 5.41) is 12.0. The van der Waals surface area contributed by atoms with Crippen LogP contribution in [0.1, 0.15) is 29.8 Å². The summed E-state index contributed by atoms with van der Waals surface area (Å²) >= 11 is 0. The van der Waals surface area contributed by atoms with Crippen molar-refractivity contribution in [1.82, 2.24) is 10.3 Å². The maximum Gasteiger partial charge on any atom is 0.330 e. The highest BCUT2D eigenvalue weighted by atomic mass is 19.1. The minimum absolute atomic E-state index is 0.0793. The first-order valence-corrected chi connectivity index (χ1v) is 7.91. The lowest BCUT2D eigenvalue weighted by molar-refractivity contribution is -0.141. The molecule has 2 N–H and O–H groups in total. The number of aliphatic carboxylic acids is 1. The lowest BCUT2D eigenvalue weighted by Gasteiger charge is -2.17. The average molecular weight is 348 g/mol. The highest BCUT2D eigenvalue weighted by Gasteiger charge is 2.72. The van der Waals surface area contributed by atoms with E-state index in [9.17, 15) is 23.5 Å². The Morgan fingerprint density at radius 1 is 1.24 bits per heavy atom. The monoisotopic (exact) mass is 348 g/mol. The van der Waals surface area contributed by atoms with Crippen molar-refractivity contribution in [3.63, 3.8) is 0 Å². The van der Waals surface area contributed by atoms with Crippen LogP contribution in [0, 0.1) is 23.5 Å². The van der Waals surface area contributed by atoms with Gasteiger partial charge in [0.1, 0.15) is 29.0 Å². The molecule has 130 valence electrons. The molecular formula is C17H14F2N2O4. The molecule has 2 atom stereocenters. The van der Waals surface area contributed by atoms with Gasteiger partial charge in [0.25, 0.3) is 5.91 Å². The number of hydrogen-bond acceptors (Lipinski definition) is 4. The number of fused-ring (bicyclic) bond motifs is 1. The van der Waals surface area contributed by atoms with Crippen LogP contribution in [0.4, 0.5) is 8.78 Å². The lowest BCUT2D eigenvalue weighted by Crippen LogP contribution is -2.47. The maximum atomic E-state index is 13.8. The molecule has 0 saturated heterocycles. The predicted molar refractivity (Wildman–Crippen MR) is 80.5 cm³/mol. The van der Waals surface area contributed by atoms with E-state index in [0.29, 0.717) is 0 Å². The molecule has 2 aliphatic rings. The zero-order valence-electron chi connectivity index (χ0n) is 13.0. The molecule has 1 aromatic heterocycles. The molecule has 6 nitrogen and oxygen atoms in total. The summed E-state index contributed by atoms with van der Waals surface area (Å²) in [5.41, 5.74) is -1.96. The van der Waals surface area contributed by atoms with Gasteiger partial charge in [-0.3, -0.25) is 4.79 Å². The number of halogens is 2. The van der Waals surface area contributed by atoms with Gasteiger partial charge in [0, 0.05) is 0 Å². The van der Waals surface area contributed by atoms with Crippen LogP contribution in [0.5, 0.6) is 0 Å². The van der Waals surface area contributed by atoms with Crippen molar-refractivity contribution in [2.45, 2.75) is 24.8 Å². The number of aromatic nitrogens is 1. The number of carboxylic acids is 1. The number of rotatable bonds is 4.